The van der Waals surface area contributed by atoms with E-state index in [-0.39, 0.29) is 10.8 Å². The third-order valence-corrected chi connectivity index (χ3v) is 8.13. The summed E-state index contributed by atoms with van der Waals surface area (Å²) in [4.78, 5) is 0. The summed E-state index contributed by atoms with van der Waals surface area (Å²) in [5.74, 6) is 0. The second-order valence-corrected chi connectivity index (χ2v) is 13.6. The fraction of sp³-hybridized carbons (Fsp3) is 0.421. The van der Waals surface area contributed by atoms with Crippen LogP contribution < -0.4 is 5.32 Å². The largest absolute Gasteiger partial charge is 0.355 e. The van der Waals surface area contributed by atoms with E-state index in [1.165, 1.54) is 78.2 Å². The zero-order valence-electron chi connectivity index (χ0n) is 27.1. The Balaban J connectivity index is 2.40. The Morgan fingerprint density at radius 2 is 1.28 bits per heavy atom. The number of hydrogen-bond acceptors (Lipinski definition) is 1. The monoisotopic (exact) mass is 521 g/mol. The molecule has 0 atom stereocenters. The Morgan fingerprint density at radius 1 is 0.718 bits per heavy atom. The molecule has 0 fully saturated rings. The predicted octanol–water partition coefficient (Wildman–Crippen LogP) is 11.7. The predicted molar refractivity (Wildman–Crippen MR) is 176 cm³/mol. The van der Waals surface area contributed by atoms with Crippen LogP contribution in [0.25, 0.3) is 16.7 Å². The van der Waals surface area contributed by atoms with Crippen LogP contribution in [0.2, 0.25) is 0 Å². The van der Waals surface area contributed by atoms with Crippen LogP contribution in [0.5, 0.6) is 0 Å². The second kappa shape index (κ2) is 11.2. The topological polar surface area (TPSA) is 12.0 Å². The Labute approximate surface area is 239 Å². The van der Waals surface area contributed by atoms with E-state index in [0.717, 1.165) is 0 Å². The van der Waals surface area contributed by atoms with E-state index >= 15 is 0 Å². The minimum absolute atomic E-state index is 0.0559. The van der Waals surface area contributed by atoms with Crippen molar-refractivity contribution in [2.75, 3.05) is 5.32 Å². The quantitative estimate of drug-likeness (QED) is 0.329. The summed E-state index contributed by atoms with van der Waals surface area (Å²) in [5, 5.41) is 3.96. The molecule has 0 aromatic heterocycles. The molecule has 1 N–H and O–H groups in total. The van der Waals surface area contributed by atoms with Gasteiger partial charge < -0.3 is 5.32 Å². The molecule has 0 spiro atoms. The zero-order valence-corrected chi connectivity index (χ0v) is 27.1. The van der Waals surface area contributed by atoms with Crippen LogP contribution >= 0.6 is 0 Å². The summed E-state index contributed by atoms with van der Waals surface area (Å²) in [6.07, 6.45) is 2.23. The van der Waals surface area contributed by atoms with Crippen LogP contribution in [-0.4, -0.2) is 0 Å². The molecule has 3 aromatic carbocycles. The SMILES string of the molecule is C/C=C(/C)C(=C(C)C)c1cc(-c2c(C)cccc2C)cc(Nc2cc(C(C)(C)C)cc(C(C)(C)C)c2C)c1C. The molecule has 0 radical (unpaired) electrons. The van der Waals surface area contributed by atoms with Gasteiger partial charge in [0, 0.05) is 11.4 Å². The zero-order chi connectivity index (χ0) is 29.4. The first kappa shape index (κ1) is 30.5. The molecule has 0 bridgehead atoms. The number of hydrogen-bond donors (Lipinski definition) is 1. The van der Waals surface area contributed by atoms with Gasteiger partial charge in [-0.25, -0.2) is 0 Å². The molecule has 3 aromatic rings. The molecule has 0 aliphatic carbocycles. The van der Waals surface area contributed by atoms with Gasteiger partial charge in [0.15, 0.2) is 0 Å². The van der Waals surface area contributed by atoms with Crippen LogP contribution in [0.4, 0.5) is 11.4 Å². The number of nitrogens with one attached hydrogen (secondary N) is 1. The van der Waals surface area contributed by atoms with Gasteiger partial charge >= 0.3 is 0 Å². The van der Waals surface area contributed by atoms with Gasteiger partial charge in [-0.1, -0.05) is 77.5 Å². The highest BCUT2D eigenvalue weighted by Crippen LogP contribution is 2.41. The maximum absolute atomic E-state index is 3.96. The lowest BCUT2D eigenvalue weighted by Crippen LogP contribution is -2.19. The van der Waals surface area contributed by atoms with E-state index in [2.05, 4.69) is 151 Å². The number of aryl methyl sites for hydroxylation is 2. The summed E-state index contributed by atoms with van der Waals surface area (Å²) < 4.78 is 0. The minimum atomic E-state index is 0.0559. The average molecular weight is 522 g/mol. The maximum atomic E-state index is 3.96. The number of rotatable bonds is 5. The molecule has 0 aliphatic rings. The van der Waals surface area contributed by atoms with Crippen LogP contribution in [0.3, 0.4) is 0 Å². The number of benzene rings is 3. The van der Waals surface area contributed by atoms with Crippen molar-refractivity contribution < 1.29 is 0 Å². The summed E-state index contributed by atoms with van der Waals surface area (Å²) in [6, 6.07) is 16.2. The molecular weight excluding hydrogens is 470 g/mol. The van der Waals surface area contributed by atoms with Gasteiger partial charge in [-0.15, -0.1) is 0 Å². The van der Waals surface area contributed by atoms with Crippen molar-refractivity contribution in [3.63, 3.8) is 0 Å². The van der Waals surface area contributed by atoms with Crippen molar-refractivity contribution in [2.24, 2.45) is 0 Å². The van der Waals surface area contributed by atoms with Crippen molar-refractivity contribution in [1.82, 2.24) is 0 Å². The highest BCUT2D eigenvalue weighted by molar-refractivity contribution is 5.89. The van der Waals surface area contributed by atoms with Gasteiger partial charge in [0.25, 0.3) is 0 Å². The van der Waals surface area contributed by atoms with E-state index in [9.17, 15) is 0 Å². The molecule has 0 saturated heterocycles. The van der Waals surface area contributed by atoms with Gasteiger partial charge in [-0.2, -0.15) is 0 Å². The molecule has 39 heavy (non-hydrogen) atoms. The van der Waals surface area contributed by atoms with E-state index in [4.69, 9.17) is 0 Å². The Morgan fingerprint density at radius 3 is 1.77 bits per heavy atom. The third-order valence-electron chi connectivity index (χ3n) is 8.13. The normalized spacial score (nSPS) is 12.5. The lowest BCUT2D eigenvalue weighted by atomic mass is 9.78. The van der Waals surface area contributed by atoms with Gasteiger partial charge in [0.05, 0.1) is 0 Å². The van der Waals surface area contributed by atoms with E-state index < -0.39 is 0 Å². The van der Waals surface area contributed by atoms with Crippen molar-refractivity contribution in [2.45, 2.75) is 108 Å². The van der Waals surface area contributed by atoms with Gasteiger partial charge in [-0.3, -0.25) is 0 Å². The average Bonchev–Trinajstić information content (AvgIpc) is 2.81. The maximum Gasteiger partial charge on any atom is 0.0426 e. The highest BCUT2D eigenvalue weighted by atomic mass is 14.9. The highest BCUT2D eigenvalue weighted by Gasteiger charge is 2.24. The lowest BCUT2D eigenvalue weighted by Gasteiger charge is -2.29. The summed E-state index contributed by atoms with van der Waals surface area (Å²) in [5.41, 5.74) is 18.3. The summed E-state index contributed by atoms with van der Waals surface area (Å²) in [7, 11) is 0. The van der Waals surface area contributed by atoms with Gasteiger partial charge in [-0.05, 0) is 146 Å². The molecule has 0 amide bonds. The van der Waals surface area contributed by atoms with Crippen molar-refractivity contribution in [1.29, 1.82) is 0 Å². The second-order valence-electron chi connectivity index (χ2n) is 13.6. The first-order chi connectivity index (χ1) is 18.0. The minimum Gasteiger partial charge on any atom is -0.355 e. The summed E-state index contributed by atoms with van der Waals surface area (Å²) in [6.45, 7) is 31.7. The van der Waals surface area contributed by atoms with E-state index in [0.29, 0.717) is 0 Å². The Bertz CT molecular complexity index is 1420. The van der Waals surface area contributed by atoms with Crippen LogP contribution in [-0.2, 0) is 10.8 Å². The lowest BCUT2D eigenvalue weighted by molar-refractivity contribution is 0.566. The van der Waals surface area contributed by atoms with Crippen LogP contribution in [0, 0.1) is 27.7 Å². The van der Waals surface area contributed by atoms with E-state index in [1.807, 2.05) is 0 Å². The summed E-state index contributed by atoms with van der Waals surface area (Å²) >= 11 is 0. The molecule has 0 aliphatic heterocycles. The third kappa shape index (κ3) is 6.40. The first-order valence-corrected chi connectivity index (χ1v) is 14.4. The molecule has 1 heteroatoms. The smallest absolute Gasteiger partial charge is 0.0426 e. The van der Waals surface area contributed by atoms with Gasteiger partial charge in [0.1, 0.15) is 0 Å². The van der Waals surface area contributed by atoms with E-state index in [1.54, 1.807) is 0 Å². The number of anilines is 2. The fourth-order valence-electron chi connectivity index (χ4n) is 5.74. The first-order valence-electron chi connectivity index (χ1n) is 14.4. The molecule has 208 valence electrons. The van der Waals surface area contributed by atoms with Crippen molar-refractivity contribution in [3.8, 4) is 11.1 Å². The Hall–Kier alpha value is -3.06. The Kier molecular flexibility index (Phi) is 8.76. The number of allylic oxidation sites excluding steroid dienone is 4. The van der Waals surface area contributed by atoms with Crippen molar-refractivity contribution in [3.05, 3.63) is 98.6 Å². The molecular formula is C38H51N. The van der Waals surface area contributed by atoms with Crippen molar-refractivity contribution >= 4 is 16.9 Å². The van der Waals surface area contributed by atoms with Crippen LogP contribution in [0.1, 0.15) is 108 Å². The molecule has 0 unspecified atom stereocenters. The fourth-order valence-corrected chi connectivity index (χ4v) is 5.74. The molecule has 1 nitrogen and oxygen atoms in total. The molecule has 0 heterocycles. The van der Waals surface area contributed by atoms with Gasteiger partial charge in [0.2, 0.25) is 0 Å². The van der Waals surface area contributed by atoms with Crippen LogP contribution in [0.15, 0.2) is 59.7 Å². The molecule has 3 rings (SSSR count). The molecule has 0 saturated carbocycles. The standard InChI is InChI=1S/C38H51N/c1-15-24(4)35(23(2)3)31-19-29(36-25(5)17-16-18-26(36)6)20-33(27(31)7)39-34-22-30(37(9,10)11)21-32(28(34)8)38(12,13)14/h15-22,39H,1-14H3/b24-15-.